The largest absolute Gasteiger partial charge is 0.309 e. The summed E-state index contributed by atoms with van der Waals surface area (Å²) in [7, 11) is 2.02. The quantitative estimate of drug-likeness (QED) is 0.864. The third-order valence-corrected chi connectivity index (χ3v) is 4.04. The van der Waals surface area contributed by atoms with Crippen LogP contribution in [0.4, 0.5) is 0 Å². The number of aromatic nitrogens is 1. The van der Waals surface area contributed by atoms with Gasteiger partial charge in [0.05, 0.1) is 6.04 Å². The van der Waals surface area contributed by atoms with E-state index >= 15 is 0 Å². The first-order valence-electron chi connectivity index (χ1n) is 7.75. The highest BCUT2D eigenvalue weighted by Gasteiger charge is 2.18. The zero-order valence-electron chi connectivity index (χ0n) is 13.7. The van der Waals surface area contributed by atoms with Crippen LogP contribution in [0.5, 0.6) is 0 Å². The van der Waals surface area contributed by atoms with Gasteiger partial charge in [-0.1, -0.05) is 45.9 Å². The summed E-state index contributed by atoms with van der Waals surface area (Å²) in [6, 6.07) is 11.3. The van der Waals surface area contributed by atoms with Gasteiger partial charge in [-0.3, -0.25) is 4.98 Å². The molecule has 0 saturated heterocycles. The summed E-state index contributed by atoms with van der Waals surface area (Å²) in [5, 5.41) is 3.45. The van der Waals surface area contributed by atoms with E-state index in [9.17, 15) is 0 Å². The molecule has 0 aliphatic heterocycles. The second-order valence-electron chi connectivity index (χ2n) is 6.20. The second kappa shape index (κ2) is 6.86. The molecule has 21 heavy (non-hydrogen) atoms. The Kier molecular flexibility index (Phi) is 5.13. The van der Waals surface area contributed by atoms with Gasteiger partial charge in [0.2, 0.25) is 0 Å². The molecule has 0 aliphatic carbocycles. The molecule has 0 bridgehead atoms. The Morgan fingerprint density at radius 1 is 0.810 bits per heavy atom. The highest BCUT2D eigenvalue weighted by atomic mass is 14.9. The second-order valence-corrected chi connectivity index (χ2v) is 6.20. The van der Waals surface area contributed by atoms with Gasteiger partial charge in [-0.25, -0.2) is 0 Å². The highest BCUT2D eigenvalue weighted by Crippen LogP contribution is 2.31. The van der Waals surface area contributed by atoms with Crippen molar-refractivity contribution >= 4 is 0 Å². The van der Waals surface area contributed by atoms with Gasteiger partial charge in [0.25, 0.3) is 0 Å². The monoisotopic (exact) mass is 282 g/mol. The Morgan fingerprint density at radius 3 is 2.00 bits per heavy atom. The van der Waals surface area contributed by atoms with Crippen molar-refractivity contribution in [3.8, 4) is 0 Å². The van der Waals surface area contributed by atoms with Crippen LogP contribution < -0.4 is 5.32 Å². The lowest BCUT2D eigenvalue weighted by Gasteiger charge is -2.23. The molecule has 0 spiro atoms. The van der Waals surface area contributed by atoms with Crippen molar-refractivity contribution in [2.45, 2.75) is 45.6 Å². The van der Waals surface area contributed by atoms with E-state index in [1.54, 1.807) is 0 Å². The minimum atomic E-state index is 0.214. The van der Waals surface area contributed by atoms with E-state index in [1.165, 1.54) is 22.3 Å². The van der Waals surface area contributed by atoms with Crippen LogP contribution in [0.25, 0.3) is 0 Å². The molecule has 0 aliphatic rings. The number of nitrogens with one attached hydrogen (secondary N) is 1. The molecule has 1 heterocycles. The molecule has 112 valence electrons. The number of rotatable bonds is 5. The van der Waals surface area contributed by atoms with E-state index in [0.29, 0.717) is 11.8 Å². The molecule has 2 rings (SSSR count). The predicted octanol–water partition coefficient (Wildman–Crippen LogP) is 4.64. The van der Waals surface area contributed by atoms with Crippen LogP contribution in [0.3, 0.4) is 0 Å². The first-order chi connectivity index (χ1) is 10.0. The lowest BCUT2D eigenvalue weighted by atomic mass is 9.86. The normalized spacial score (nSPS) is 12.9. The maximum absolute atomic E-state index is 4.12. The Labute approximate surface area is 128 Å². The van der Waals surface area contributed by atoms with Gasteiger partial charge in [-0.05, 0) is 53.3 Å². The topological polar surface area (TPSA) is 24.9 Å². The lowest BCUT2D eigenvalue weighted by Crippen LogP contribution is -2.20. The standard InChI is InChI=1S/C19H26N2/c1-13(2)16-6-7-17(18(12-16)14(3)4)19(20-5)15-8-10-21-11-9-15/h6-14,19-20H,1-5H3. The van der Waals surface area contributed by atoms with Crippen molar-refractivity contribution in [3.05, 3.63) is 65.0 Å². The summed E-state index contributed by atoms with van der Waals surface area (Å²) in [5.74, 6) is 1.07. The zero-order chi connectivity index (χ0) is 15.4. The van der Waals surface area contributed by atoms with E-state index in [4.69, 9.17) is 0 Å². The van der Waals surface area contributed by atoms with Crippen molar-refractivity contribution in [2.75, 3.05) is 7.05 Å². The summed E-state index contributed by atoms with van der Waals surface area (Å²) in [5.41, 5.74) is 5.46. The molecule has 2 nitrogen and oxygen atoms in total. The molecule has 1 aromatic carbocycles. The van der Waals surface area contributed by atoms with Crippen molar-refractivity contribution in [1.29, 1.82) is 0 Å². The Hall–Kier alpha value is -1.67. The fourth-order valence-corrected chi connectivity index (χ4v) is 2.77. The molecule has 1 N–H and O–H groups in total. The van der Waals surface area contributed by atoms with Crippen molar-refractivity contribution in [3.63, 3.8) is 0 Å². The van der Waals surface area contributed by atoms with Crippen LogP contribution in [0.15, 0.2) is 42.7 Å². The molecule has 1 atom stereocenters. The predicted molar refractivity (Wildman–Crippen MR) is 89.8 cm³/mol. The minimum Gasteiger partial charge on any atom is -0.309 e. The lowest BCUT2D eigenvalue weighted by molar-refractivity contribution is 0.671. The van der Waals surface area contributed by atoms with Crippen LogP contribution in [0, 0.1) is 0 Å². The maximum Gasteiger partial charge on any atom is 0.0578 e. The average Bonchev–Trinajstić information content (AvgIpc) is 2.49. The minimum absolute atomic E-state index is 0.214. The zero-order valence-corrected chi connectivity index (χ0v) is 13.7. The Bertz CT molecular complexity index is 573. The van der Waals surface area contributed by atoms with Gasteiger partial charge in [-0.15, -0.1) is 0 Å². The van der Waals surface area contributed by atoms with Crippen molar-refractivity contribution < 1.29 is 0 Å². The molecule has 2 heteroatoms. The molecular formula is C19H26N2. The SMILES string of the molecule is CNC(c1ccncc1)c1ccc(C(C)C)cc1C(C)C. The van der Waals surface area contributed by atoms with E-state index < -0.39 is 0 Å². The van der Waals surface area contributed by atoms with Gasteiger partial charge in [-0.2, -0.15) is 0 Å². The fraction of sp³-hybridized carbons (Fsp3) is 0.421. The Balaban J connectivity index is 2.51. The number of benzene rings is 1. The van der Waals surface area contributed by atoms with E-state index in [1.807, 2.05) is 19.4 Å². The van der Waals surface area contributed by atoms with Crippen LogP contribution in [0.1, 0.15) is 67.8 Å². The average molecular weight is 282 g/mol. The molecule has 0 amide bonds. The first kappa shape index (κ1) is 15.7. The van der Waals surface area contributed by atoms with Crippen LogP contribution >= 0.6 is 0 Å². The molecule has 0 radical (unpaired) electrons. The first-order valence-corrected chi connectivity index (χ1v) is 7.75. The van der Waals surface area contributed by atoms with Crippen LogP contribution in [0.2, 0.25) is 0 Å². The fourth-order valence-electron chi connectivity index (χ4n) is 2.77. The van der Waals surface area contributed by atoms with Crippen molar-refractivity contribution in [2.24, 2.45) is 0 Å². The molecule has 1 aromatic heterocycles. The number of hydrogen-bond acceptors (Lipinski definition) is 2. The van der Waals surface area contributed by atoms with Gasteiger partial charge < -0.3 is 5.32 Å². The third kappa shape index (κ3) is 3.51. The molecule has 0 fully saturated rings. The number of pyridine rings is 1. The number of nitrogens with zero attached hydrogens (tertiary/aromatic N) is 1. The summed E-state index contributed by atoms with van der Waals surface area (Å²) >= 11 is 0. The number of hydrogen-bond donors (Lipinski definition) is 1. The summed E-state index contributed by atoms with van der Waals surface area (Å²) in [6.07, 6.45) is 3.72. The van der Waals surface area contributed by atoms with Crippen LogP contribution in [-0.4, -0.2) is 12.0 Å². The smallest absolute Gasteiger partial charge is 0.0578 e. The summed E-state index contributed by atoms with van der Waals surface area (Å²) < 4.78 is 0. The van der Waals surface area contributed by atoms with E-state index in [2.05, 4.69) is 68.3 Å². The van der Waals surface area contributed by atoms with Gasteiger partial charge in [0.1, 0.15) is 0 Å². The van der Waals surface area contributed by atoms with E-state index in [0.717, 1.165) is 0 Å². The molecular weight excluding hydrogens is 256 g/mol. The third-order valence-electron chi connectivity index (χ3n) is 4.04. The van der Waals surface area contributed by atoms with Gasteiger partial charge >= 0.3 is 0 Å². The van der Waals surface area contributed by atoms with Gasteiger partial charge in [0.15, 0.2) is 0 Å². The summed E-state index contributed by atoms with van der Waals surface area (Å²) in [6.45, 7) is 9.03. The van der Waals surface area contributed by atoms with E-state index in [-0.39, 0.29) is 6.04 Å². The summed E-state index contributed by atoms with van der Waals surface area (Å²) in [4.78, 5) is 4.12. The molecule has 2 aromatic rings. The molecule has 0 saturated carbocycles. The van der Waals surface area contributed by atoms with Gasteiger partial charge in [0, 0.05) is 12.4 Å². The van der Waals surface area contributed by atoms with Crippen molar-refractivity contribution in [1.82, 2.24) is 10.3 Å². The Morgan fingerprint density at radius 2 is 1.48 bits per heavy atom. The maximum atomic E-state index is 4.12. The molecule has 1 unspecified atom stereocenters. The highest BCUT2D eigenvalue weighted by molar-refractivity contribution is 5.41. The van der Waals surface area contributed by atoms with Crippen LogP contribution in [-0.2, 0) is 0 Å².